The van der Waals surface area contributed by atoms with Gasteiger partial charge in [0.1, 0.15) is 11.3 Å². The SMILES string of the molecule is COc1ccc2c(-c3ccccc3)c(C(=O)NNC(=O)c3cccc(N(C)C)c3)oc2c1. The molecular formula is C25H23N3O4. The molecule has 162 valence electrons. The fourth-order valence-electron chi connectivity index (χ4n) is 3.42. The van der Waals surface area contributed by atoms with Gasteiger partial charge in [0.2, 0.25) is 5.76 Å². The number of carbonyl (C=O) groups is 2. The molecule has 0 aliphatic carbocycles. The van der Waals surface area contributed by atoms with E-state index >= 15 is 0 Å². The molecule has 0 atom stereocenters. The van der Waals surface area contributed by atoms with Gasteiger partial charge in [0, 0.05) is 42.4 Å². The molecule has 0 aliphatic heterocycles. The number of furan rings is 1. The Kier molecular flexibility index (Phi) is 5.81. The molecule has 0 saturated carbocycles. The average molecular weight is 429 g/mol. The van der Waals surface area contributed by atoms with Crippen LogP contribution in [0.3, 0.4) is 0 Å². The number of hydrazine groups is 1. The highest BCUT2D eigenvalue weighted by atomic mass is 16.5. The zero-order valence-electron chi connectivity index (χ0n) is 18.0. The van der Waals surface area contributed by atoms with Gasteiger partial charge in [-0.1, -0.05) is 36.4 Å². The standard InChI is InChI=1S/C25H23N3O4/c1-28(2)18-11-7-10-17(14-18)24(29)26-27-25(30)23-22(16-8-5-4-6-9-16)20-13-12-19(31-3)15-21(20)32-23/h4-15H,1-3H3,(H,26,29)(H,27,30). The summed E-state index contributed by atoms with van der Waals surface area (Å²) in [5, 5.41) is 0.771. The van der Waals surface area contributed by atoms with Crippen molar-refractivity contribution in [2.45, 2.75) is 0 Å². The fraction of sp³-hybridized carbons (Fsp3) is 0.120. The van der Waals surface area contributed by atoms with Crippen molar-refractivity contribution in [1.82, 2.24) is 10.9 Å². The van der Waals surface area contributed by atoms with E-state index in [2.05, 4.69) is 10.9 Å². The molecule has 4 aromatic rings. The second kappa shape index (κ2) is 8.85. The summed E-state index contributed by atoms with van der Waals surface area (Å²) in [4.78, 5) is 27.5. The minimum Gasteiger partial charge on any atom is -0.497 e. The molecule has 0 aliphatic rings. The predicted molar refractivity (Wildman–Crippen MR) is 124 cm³/mol. The first-order chi connectivity index (χ1) is 15.5. The van der Waals surface area contributed by atoms with Crippen molar-refractivity contribution in [2.24, 2.45) is 0 Å². The minimum atomic E-state index is -0.559. The number of carbonyl (C=O) groups excluding carboxylic acids is 2. The van der Waals surface area contributed by atoms with Crippen molar-refractivity contribution >= 4 is 28.5 Å². The Labute approximate surface area is 185 Å². The molecule has 1 aromatic heterocycles. The number of hydrogen-bond donors (Lipinski definition) is 2. The first-order valence-electron chi connectivity index (χ1n) is 10.0. The van der Waals surface area contributed by atoms with E-state index in [-0.39, 0.29) is 5.76 Å². The largest absolute Gasteiger partial charge is 0.497 e. The van der Waals surface area contributed by atoms with E-state index < -0.39 is 11.8 Å². The summed E-state index contributed by atoms with van der Waals surface area (Å²) in [7, 11) is 5.34. The second-order valence-electron chi connectivity index (χ2n) is 7.39. The van der Waals surface area contributed by atoms with Gasteiger partial charge >= 0.3 is 5.91 Å². The van der Waals surface area contributed by atoms with E-state index in [0.29, 0.717) is 22.5 Å². The van der Waals surface area contributed by atoms with E-state index in [1.807, 2.05) is 67.5 Å². The summed E-state index contributed by atoms with van der Waals surface area (Å²) >= 11 is 0. The number of benzene rings is 3. The van der Waals surface area contributed by atoms with Crippen molar-refractivity contribution in [3.63, 3.8) is 0 Å². The maximum absolute atomic E-state index is 13.0. The summed E-state index contributed by atoms with van der Waals surface area (Å²) < 4.78 is 11.2. The Morgan fingerprint density at radius 2 is 1.62 bits per heavy atom. The zero-order chi connectivity index (χ0) is 22.7. The topological polar surface area (TPSA) is 83.8 Å². The molecule has 7 heteroatoms. The minimum absolute atomic E-state index is 0.0989. The number of hydrogen-bond acceptors (Lipinski definition) is 5. The van der Waals surface area contributed by atoms with Gasteiger partial charge in [0.25, 0.3) is 5.91 Å². The fourth-order valence-corrected chi connectivity index (χ4v) is 3.42. The van der Waals surface area contributed by atoms with E-state index in [1.54, 1.807) is 31.4 Å². The van der Waals surface area contributed by atoms with Crippen LogP contribution < -0.4 is 20.5 Å². The van der Waals surface area contributed by atoms with Crippen LogP contribution in [0.1, 0.15) is 20.9 Å². The van der Waals surface area contributed by atoms with E-state index in [0.717, 1.165) is 16.6 Å². The third kappa shape index (κ3) is 4.13. The van der Waals surface area contributed by atoms with Gasteiger partial charge in [-0.3, -0.25) is 20.4 Å². The van der Waals surface area contributed by atoms with Gasteiger partial charge in [-0.15, -0.1) is 0 Å². The number of nitrogens with one attached hydrogen (secondary N) is 2. The number of ether oxygens (including phenoxy) is 1. The van der Waals surface area contributed by atoms with Crippen LogP contribution in [0, 0.1) is 0 Å². The van der Waals surface area contributed by atoms with Gasteiger partial charge in [0.15, 0.2) is 0 Å². The van der Waals surface area contributed by atoms with Crippen LogP contribution in [-0.2, 0) is 0 Å². The Morgan fingerprint density at radius 3 is 2.34 bits per heavy atom. The highest BCUT2D eigenvalue weighted by Crippen LogP contribution is 2.36. The molecule has 32 heavy (non-hydrogen) atoms. The third-order valence-corrected chi connectivity index (χ3v) is 5.08. The molecule has 0 unspecified atom stereocenters. The Bertz CT molecular complexity index is 1280. The predicted octanol–water partition coefficient (Wildman–Crippen LogP) is 4.25. The molecule has 0 bridgehead atoms. The summed E-state index contributed by atoms with van der Waals surface area (Å²) in [5.74, 6) is -0.272. The molecule has 1 heterocycles. The highest BCUT2D eigenvalue weighted by molar-refractivity contribution is 6.09. The second-order valence-corrected chi connectivity index (χ2v) is 7.39. The number of nitrogens with zero attached hydrogens (tertiary/aromatic N) is 1. The van der Waals surface area contributed by atoms with Crippen LogP contribution in [0.2, 0.25) is 0 Å². The average Bonchev–Trinajstić information content (AvgIpc) is 3.21. The quantitative estimate of drug-likeness (QED) is 0.464. The van der Waals surface area contributed by atoms with Gasteiger partial charge in [0.05, 0.1) is 7.11 Å². The van der Waals surface area contributed by atoms with Gasteiger partial charge in [-0.25, -0.2) is 0 Å². The maximum Gasteiger partial charge on any atom is 0.306 e. The summed E-state index contributed by atoms with van der Waals surface area (Å²) in [5.41, 5.74) is 8.22. The Balaban J connectivity index is 1.63. The van der Waals surface area contributed by atoms with Crippen molar-refractivity contribution in [3.8, 4) is 16.9 Å². The molecule has 2 N–H and O–H groups in total. The molecule has 0 radical (unpaired) electrons. The summed E-state index contributed by atoms with van der Waals surface area (Å²) in [6, 6.07) is 22.0. The first kappa shape index (κ1) is 21.0. The zero-order valence-corrected chi connectivity index (χ0v) is 18.0. The lowest BCUT2D eigenvalue weighted by atomic mass is 10.0. The van der Waals surface area contributed by atoms with Crippen molar-refractivity contribution in [1.29, 1.82) is 0 Å². The van der Waals surface area contributed by atoms with Crippen LogP contribution in [0.15, 0.2) is 77.2 Å². The molecule has 0 fully saturated rings. The molecule has 2 amide bonds. The number of methoxy groups -OCH3 is 1. The molecular weight excluding hydrogens is 406 g/mol. The smallest absolute Gasteiger partial charge is 0.306 e. The molecule has 0 saturated heterocycles. The number of amides is 2. The van der Waals surface area contributed by atoms with Crippen molar-refractivity contribution in [3.05, 3.63) is 84.1 Å². The van der Waals surface area contributed by atoms with Gasteiger partial charge in [-0.05, 0) is 35.9 Å². The van der Waals surface area contributed by atoms with Gasteiger partial charge in [-0.2, -0.15) is 0 Å². The molecule has 4 rings (SSSR count). The lowest BCUT2D eigenvalue weighted by Crippen LogP contribution is -2.41. The van der Waals surface area contributed by atoms with Crippen LogP contribution in [0.5, 0.6) is 5.75 Å². The maximum atomic E-state index is 13.0. The van der Waals surface area contributed by atoms with Crippen molar-refractivity contribution in [2.75, 3.05) is 26.1 Å². The van der Waals surface area contributed by atoms with Crippen molar-refractivity contribution < 1.29 is 18.7 Å². The molecule has 0 spiro atoms. The lowest BCUT2D eigenvalue weighted by Gasteiger charge is -2.13. The van der Waals surface area contributed by atoms with E-state index in [9.17, 15) is 9.59 Å². The van der Waals surface area contributed by atoms with Gasteiger partial charge < -0.3 is 14.1 Å². The Morgan fingerprint density at radius 1 is 0.875 bits per heavy atom. The van der Waals surface area contributed by atoms with Crippen LogP contribution in [-0.4, -0.2) is 33.0 Å². The third-order valence-electron chi connectivity index (χ3n) is 5.08. The summed E-state index contributed by atoms with van der Waals surface area (Å²) in [6.07, 6.45) is 0. The lowest BCUT2D eigenvalue weighted by molar-refractivity contribution is 0.0832. The van der Waals surface area contributed by atoms with E-state index in [4.69, 9.17) is 9.15 Å². The van der Waals surface area contributed by atoms with Crippen LogP contribution >= 0.6 is 0 Å². The summed E-state index contributed by atoms with van der Waals surface area (Å²) in [6.45, 7) is 0. The van der Waals surface area contributed by atoms with Crippen LogP contribution in [0.4, 0.5) is 5.69 Å². The number of anilines is 1. The molecule has 3 aromatic carbocycles. The normalized spacial score (nSPS) is 10.6. The molecule has 7 nitrogen and oxygen atoms in total. The highest BCUT2D eigenvalue weighted by Gasteiger charge is 2.23. The number of fused-ring (bicyclic) bond motifs is 1. The van der Waals surface area contributed by atoms with Crippen LogP contribution in [0.25, 0.3) is 22.1 Å². The monoisotopic (exact) mass is 429 g/mol. The Hall–Kier alpha value is -4.26. The number of rotatable bonds is 5. The van der Waals surface area contributed by atoms with E-state index in [1.165, 1.54) is 0 Å². The first-order valence-corrected chi connectivity index (χ1v) is 10.0.